The monoisotopic (exact) mass is 257 g/mol. The maximum Gasteiger partial charge on any atom is 0.248 e. The molecule has 0 bridgehead atoms. The third-order valence-electron chi connectivity index (χ3n) is 2.88. The van der Waals surface area contributed by atoms with Crippen LogP contribution in [0.2, 0.25) is 0 Å². The van der Waals surface area contributed by atoms with Gasteiger partial charge in [-0.3, -0.25) is 19.5 Å². The van der Waals surface area contributed by atoms with E-state index in [1.165, 1.54) is 6.33 Å². The molecule has 2 aromatic rings. The van der Waals surface area contributed by atoms with Gasteiger partial charge in [0.05, 0.1) is 6.42 Å². The molecule has 0 saturated carbocycles. The van der Waals surface area contributed by atoms with Crippen LogP contribution in [0, 0.1) is 0 Å². The Kier molecular flexibility index (Phi) is 2.71. The van der Waals surface area contributed by atoms with Crippen LogP contribution in [0.5, 0.6) is 0 Å². The molecule has 7 nitrogen and oxygen atoms in total. The number of carbonyl (C=O) groups excluding carboxylic acids is 2. The number of nitrogens with one attached hydrogen (secondary N) is 2. The third-order valence-corrected chi connectivity index (χ3v) is 2.88. The van der Waals surface area contributed by atoms with Crippen LogP contribution in [0.4, 0.5) is 11.6 Å². The summed E-state index contributed by atoms with van der Waals surface area (Å²) in [5, 5.41) is 12.8. The average Bonchev–Trinajstić information content (AvgIpc) is 2.86. The summed E-state index contributed by atoms with van der Waals surface area (Å²) >= 11 is 0. The summed E-state index contributed by atoms with van der Waals surface area (Å²) in [7, 11) is 0. The molecule has 0 radical (unpaired) electrons. The molecule has 1 atom stereocenters. The van der Waals surface area contributed by atoms with E-state index in [4.69, 9.17) is 0 Å². The molecule has 0 aliphatic carbocycles. The van der Waals surface area contributed by atoms with Gasteiger partial charge in [0.2, 0.25) is 17.8 Å². The van der Waals surface area contributed by atoms with Crippen LogP contribution in [-0.2, 0) is 9.59 Å². The molecule has 1 aliphatic heterocycles. The van der Waals surface area contributed by atoms with Gasteiger partial charge in [0.15, 0.2) is 0 Å². The number of benzene rings is 1. The van der Waals surface area contributed by atoms with Gasteiger partial charge in [0.25, 0.3) is 0 Å². The van der Waals surface area contributed by atoms with E-state index in [1.54, 1.807) is 16.7 Å². The molecule has 1 aliphatic rings. The number of fused-ring (bicyclic) bond motifs is 1. The standard InChI is InChI=1S/C12H11N5O2/c18-10-6-9(17-7-13-16-12(17)15-10)11(19)14-8-4-2-1-3-5-8/h1-5,7,9H,6H2,(H,14,19)(H,15,16,18). The Bertz CT molecular complexity index is 622. The summed E-state index contributed by atoms with van der Waals surface area (Å²) in [4.78, 5) is 23.7. The van der Waals surface area contributed by atoms with Gasteiger partial charge < -0.3 is 5.32 Å². The minimum Gasteiger partial charge on any atom is -0.324 e. The fourth-order valence-electron chi connectivity index (χ4n) is 1.98. The molecule has 2 N–H and O–H groups in total. The summed E-state index contributed by atoms with van der Waals surface area (Å²) in [5.74, 6) is -0.208. The second kappa shape index (κ2) is 4.52. The predicted molar refractivity (Wildman–Crippen MR) is 67.4 cm³/mol. The topological polar surface area (TPSA) is 88.9 Å². The summed E-state index contributed by atoms with van der Waals surface area (Å²) in [6.07, 6.45) is 1.51. The lowest BCUT2D eigenvalue weighted by Crippen LogP contribution is -2.35. The Morgan fingerprint density at radius 2 is 2.16 bits per heavy atom. The van der Waals surface area contributed by atoms with Crippen molar-refractivity contribution >= 4 is 23.5 Å². The number of hydrogen-bond acceptors (Lipinski definition) is 4. The third kappa shape index (κ3) is 2.17. The number of hydrogen-bond donors (Lipinski definition) is 2. The fourth-order valence-corrected chi connectivity index (χ4v) is 1.98. The number of para-hydroxylation sites is 1. The average molecular weight is 257 g/mol. The second-order valence-electron chi connectivity index (χ2n) is 4.19. The molecule has 3 rings (SSSR count). The van der Waals surface area contributed by atoms with Crippen molar-refractivity contribution in [3.8, 4) is 0 Å². The normalized spacial score (nSPS) is 17.5. The molecular weight excluding hydrogens is 246 g/mol. The number of carbonyl (C=O) groups is 2. The smallest absolute Gasteiger partial charge is 0.248 e. The zero-order chi connectivity index (χ0) is 13.2. The van der Waals surface area contributed by atoms with Gasteiger partial charge in [-0.25, -0.2) is 0 Å². The second-order valence-corrected chi connectivity index (χ2v) is 4.19. The quantitative estimate of drug-likeness (QED) is 0.832. The van der Waals surface area contributed by atoms with Crippen molar-refractivity contribution in [1.82, 2.24) is 14.8 Å². The van der Waals surface area contributed by atoms with Gasteiger partial charge in [-0.2, -0.15) is 0 Å². The molecule has 0 spiro atoms. The first-order valence-corrected chi connectivity index (χ1v) is 5.79. The van der Waals surface area contributed by atoms with Crippen LogP contribution in [0.15, 0.2) is 36.7 Å². The van der Waals surface area contributed by atoms with Crippen molar-refractivity contribution in [1.29, 1.82) is 0 Å². The Hall–Kier alpha value is -2.70. The van der Waals surface area contributed by atoms with Crippen LogP contribution in [-0.4, -0.2) is 26.6 Å². The number of anilines is 2. The van der Waals surface area contributed by atoms with E-state index in [0.717, 1.165) is 0 Å². The van der Waals surface area contributed by atoms with Gasteiger partial charge in [-0.05, 0) is 12.1 Å². The molecule has 0 saturated heterocycles. The minimum atomic E-state index is -0.626. The predicted octanol–water partition coefficient (Wildman–Crippen LogP) is 0.800. The van der Waals surface area contributed by atoms with E-state index >= 15 is 0 Å². The van der Waals surface area contributed by atoms with Crippen molar-refractivity contribution in [2.75, 3.05) is 10.6 Å². The largest absolute Gasteiger partial charge is 0.324 e. The first-order valence-electron chi connectivity index (χ1n) is 5.79. The van der Waals surface area contributed by atoms with Gasteiger partial charge in [0, 0.05) is 5.69 Å². The zero-order valence-electron chi connectivity index (χ0n) is 9.91. The van der Waals surface area contributed by atoms with E-state index in [2.05, 4.69) is 20.8 Å². The zero-order valence-corrected chi connectivity index (χ0v) is 9.91. The first-order chi connectivity index (χ1) is 9.24. The van der Waals surface area contributed by atoms with Crippen molar-refractivity contribution < 1.29 is 9.59 Å². The molecular formula is C12H11N5O2. The lowest BCUT2D eigenvalue weighted by molar-refractivity contribution is -0.125. The van der Waals surface area contributed by atoms with E-state index in [-0.39, 0.29) is 18.2 Å². The summed E-state index contributed by atoms with van der Waals surface area (Å²) in [5.41, 5.74) is 0.688. The highest BCUT2D eigenvalue weighted by Gasteiger charge is 2.31. The Balaban J connectivity index is 1.83. The van der Waals surface area contributed by atoms with E-state index < -0.39 is 6.04 Å². The van der Waals surface area contributed by atoms with E-state index in [1.807, 2.05) is 18.2 Å². The number of aromatic nitrogens is 3. The molecule has 0 fully saturated rings. The highest BCUT2D eigenvalue weighted by Crippen LogP contribution is 2.23. The summed E-state index contributed by atoms with van der Waals surface area (Å²) < 4.78 is 1.56. The maximum atomic E-state index is 12.2. The van der Waals surface area contributed by atoms with Crippen LogP contribution in [0.25, 0.3) is 0 Å². The molecule has 2 amide bonds. The van der Waals surface area contributed by atoms with Gasteiger partial charge in [-0.15, -0.1) is 10.2 Å². The van der Waals surface area contributed by atoms with Crippen LogP contribution in [0.1, 0.15) is 12.5 Å². The minimum absolute atomic E-state index is 0.0731. The van der Waals surface area contributed by atoms with E-state index in [9.17, 15) is 9.59 Å². The molecule has 19 heavy (non-hydrogen) atoms. The van der Waals surface area contributed by atoms with Crippen LogP contribution in [0.3, 0.4) is 0 Å². The van der Waals surface area contributed by atoms with Gasteiger partial charge >= 0.3 is 0 Å². The highest BCUT2D eigenvalue weighted by molar-refractivity contribution is 6.00. The summed E-state index contributed by atoms with van der Waals surface area (Å²) in [6.45, 7) is 0. The Labute approximate surface area is 108 Å². The highest BCUT2D eigenvalue weighted by atomic mass is 16.2. The van der Waals surface area contributed by atoms with Crippen molar-refractivity contribution in [2.45, 2.75) is 12.5 Å². The summed E-state index contributed by atoms with van der Waals surface area (Å²) in [6, 6.07) is 8.46. The van der Waals surface area contributed by atoms with Crippen LogP contribution >= 0.6 is 0 Å². The first kappa shape index (κ1) is 11.4. The fraction of sp³-hybridized carbons (Fsp3) is 0.167. The maximum absolute atomic E-state index is 12.2. The SMILES string of the molecule is O=C1CC(C(=O)Nc2ccccc2)n2cnnc2N1. The molecule has 2 heterocycles. The van der Waals surface area contributed by atoms with Gasteiger partial charge in [0.1, 0.15) is 12.4 Å². The van der Waals surface area contributed by atoms with Gasteiger partial charge in [-0.1, -0.05) is 18.2 Å². The molecule has 1 aromatic carbocycles. The van der Waals surface area contributed by atoms with Crippen molar-refractivity contribution in [3.05, 3.63) is 36.7 Å². The molecule has 96 valence electrons. The Morgan fingerprint density at radius 1 is 1.37 bits per heavy atom. The number of nitrogens with zero attached hydrogens (tertiary/aromatic N) is 3. The number of amides is 2. The molecule has 1 aromatic heterocycles. The number of rotatable bonds is 2. The molecule has 1 unspecified atom stereocenters. The molecule has 7 heteroatoms. The van der Waals surface area contributed by atoms with Crippen molar-refractivity contribution in [3.63, 3.8) is 0 Å². The van der Waals surface area contributed by atoms with Crippen LogP contribution < -0.4 is 10.6 Å². The lowest BCUT2D eigenvalue weighted by atomic mass is 10.1. The van der Waals surface area contributed by atoms with E-state index in [0.29, 0.717) is 11.6 Å². The Morgan fingerprint density at radius 3 is 2.95 bits per heavy atom. The van der Waals surface area contributed by atoms with Crippen molar-refractivity contribution in [2.24, 2.45) is 0 Å². The lowest BCUT2D eigenvalue weighted by Gasteiger charge is -2.23.